The summed E-state index contributed by atoms with van der Waals surface area (Å²) in [6.45, 7) is 1.44. The summed E-state index contributed by atoms with van der Waals surface area (Å²) in [5, 5.41) is 33.2. The quantitative estimate of drug-likeness (QED) is 0.442. The van der Waals surface area contributed by atoms with E-state index in [0.717, 1.165) is 25.7 Å². The van der Waals surface area contributed by atoms with Gasteiger partial charge in [0.05, 0.1) is 32.3 Å². The van der Waals surface area contributed by atoms with Crippen molar-refractivity contribution in [2.45, 2.75) is 75.8 Å². The molecule has 9 nitrogen and oxygen atoms in total. The zero-order valence-corrected chi connectivity index (χ0v) is 19.7. The Morgan fingerprint density at radius 1 is 1.24 bits per heavy atom. The van der Waals surface area contributed by atoms with Crippen LogP contribution in [0.3, 0.4) is 0 Å². The van der Waals surface area contributed by atoms with Crippen LogP contribution in [0.5, 0.6) is 11.5 Å². The topological polar surface area (TPSA) is 129 Å². The van der Waals surface area contributed by atoms with Gasteiger partial charge in [-0.1, -0.05) is 19.8 Å². The molecule has 1 aromatic rings. The number of carbonyl (C=O) groups excluding carboxylic acids is 2. The first kappa shape index (κ1) is 24.5. The molecule has 34 heavy (non-hydrogen) atoms. The number of methoxy groups -OCH3 is 1. The molecule has 1 aliphatic heterocycles. The summed E-state index contributed by atoms with van der Waals surface area (Å²) < 4.78 is 11.7. The number of aliphatic hydroxyl groups excluding tert-OH is 3. The van der Waals surface area contributed by atoms with E-state index in [0.29, 0.717) is 34.6 Å². The number of aliphatic hydroxyl groups is 3. The van der Waals surface area contributed by atoms with Crippen LogP contribution in [0.2, 0.25) is 0 Å². The van der Waals surface area contributed by atoms with Crippen LogP contribution in [0.4, 0.5) is 0 Å². The van der Waals surface area contributed by atoms with E-state index in [1.54, 1.807) is 30.0 Å². The van der Waals surface area contributed by atoms with Gasteiger partial charge in [-0.15, -0.1) is 0 Å². The van der Waals surface area contributed by atoms with Crippen LogP contribution in [0.1, 0.15) is 56.1 Å². The zero-order valence-electron chi connectivity index (χ0n) is 19.7. The van der Waals surface area contributed by atoms with Crippen LogP contribution in [0, 0.1) is 0 Å². The summed E-state index contributed by atoms with van der Waals surface area (Å²) in [5.74, 6) is -0.239. The van der Waals surface area contributed by atoms with Crippen LogP contribution < -0.4 is 14.8 Å². The van der Waals surface area contributed by atoms with Crippen molar-refractivity contribution in [2.75, 3.05) is 20.3 Å². The van der Waals surface area contributed by atoms with Crippen molar-refractivity contribution in [3.8, 4) is 11.5 Å². The van der Waals surface area contributed by atoms with Gasteiger partial charge in [0.2, 0.25) is 11.8 Å². The highest BCUT2D eigenvalue weighted by Gasteiger charge is 2.52. The second kappa shape index (κ2) is 10.3. The average molecular weight is 475 g/mol. The molecule has 1 heterocycles. The Kier molecular flexibility index (Phi) is 7.45. The van der Waals surface area contributed by atoms with Gasteiger partial charge in [-0.25, -0.2) is 0 Å². The Balaban J connectivity index is 1.82. The van der Waals surface area contributed by atoms with E-state index in [2.05, 4.69) is 5.32 Å². The molecule has 4 atom stereocenters. The molecule has 1 saturated carbocycles. The molecule has 1 aromatic carbocycles. The summed E-state index contributed by atoms with van der Waals surface area (Å²) in [7, 11) is 1.49. The average Bonchev–Trinajstić information content (AvgIpc) is 3.52. The van der Waals surface area contributed by atoms with Gasteiger partial charge in [-0.2, -0.15) is 0 Å². The van der Waals surface area contributed by atoms with E-state index in [1.165, 1.54) is 7.11 Å². The van der Waals surface area contributed by atoms with Crippen molar-refractivity contribution in [1.29, 1.82) is 0 Å². The number of carbonyl (C=O) groups is 2. The maximum Gasteiger partial charge on any atom is 0.247 e. The lowest BCUT2D eigenvalue weighted by molar-refractivity contribution is -0.140. The third kappa shape index (κ3) is 4.28. The zero-order chi connectivity index (χ0) is 24.4. The van der Waals surface area contributed by atoms with Crippen molar-refractivity contribution in [1.82, 2.24) is 10.2 Å². The van der Waals surface area contributed by atoms with Gasteiger partial charge in [0, 0.05) is 30.1 Å². The Hall–Kier alpha value is -2.62. The third-order valence-electron chi connectivity index (χ3n) is 7.12. The van der Waals surface area contributed by atoms with Crippen LogP contribution in [0.15, 0.2) is 23.8 Å². The Labute approximate surface area is 199 Å². The Bertz CT molecular complexity index is 957. The molecule has 0 radical (unpaired) electrons. The van der Waals surface area contributed by atoms with Crippen molar-refractivity contribution in [2.24, 2.45) is 0 Å². The highest BCUT2D eigenvalue weighted by Crippen LogP contribution is 2.51. The fourth-order valence-electron chi connectivity index (χ4n) is 5.57. The van der Waals surface area contributed by atoms with Gasteiger partial charge < -0.3 is 35.0 Å². The van der Waals surface area contributed by atoms with Crippen LogP contribution in [-0.4, -0.2) is 76.6 Å². The van der Waals surface area contributed by atoms with Crippen molar-refractivity contribution < 1.29 is 34.4 Å². The molecule has 0 bridgehead atoms. The van der Waals surface area contributed by atoms with Gasteiger partial charge in [0.25, 0.3) is 0 Å². The summed E-state index contributed by atoms with van der Waals surface area (Å²) in [5.41, 5.74) is 1.61. The standard InChI is InChI=1S/C25H34N2O7/c1-3-20(30)27(15-6-4-5-7-15)18-12-17(25(32)26-8-9-28)21-16-10-14(13-29)11-19(33-2)23(16)34-24(21)22(18)31/h10-12,15,18,21-22,24,28-29,31H,3-9,13H2,1-2H3,(H,26,32). The first-order valence-corrected chi connectivity index (χ1v) is 12.0. The summed E-state index contributed by atoms with van der Waals surface area (Å²) in [4.78, 5) is 28.0. The molecule has 186 valence electrons. The second-order valence-electron chi connectivity index (χ2n) is 9.11. The lowest BCUT2D eigenvalue weighted by Gasteiger charge is -2.43. The third-order valence-corrected chi connectivity index (χ3v) is 7.12. The van der Waals surface area contributed by atoms with Crippen LogP contribution in [0.25, 0.3) is 0 Å². The van der Waals surface area contributed by atoms with E-state index < -0.39 is 24.2 Å². The SMILES string of the molecule is CCC(=O)N(C1CCCC1)C1C=C(C(=O)NCCO)C2c3cc(CO)cc(OC)c3OC2C1O. The molecule has 4 rings (SSSR count). The highest BCUT2D eigenvalue weighted by molar-refractivity contribution is 5.96. The van der Waals surface area contributed by atoms with Gasteiger partial charge in [-0.3, -0.25) is 9.59 Å². The highest BCUT2D eigenvalue weighted by atomic mass is 16.5. The second-order valence-corrected chi connectivity index (χ2v) is 9.11. The Morgan fingerprint density at radius 3 is 2.59 bits per heavy atom. The predicted molar refractivity (Wildman–Crippen MR) is 123 cm³/mol. The minimum atomic E-state index is -1.06. The number of benzene rings is 1. The molecule has 0 aromatic heterocycles. The maximum atomic E-state index is 13.2. The van der Waals surface area contributed by atoms with Gasteiger partial charge in [0.15, 0.2) is 11.5 Å². The van der Waals surface area contributed by atoms with Crippen molar-refractivity contribution in [3.63, 3.8) is 0 Å². The fraction of sp³-hybridized carbons (Fsp3) is 0.600. The lowest BCUT2D eigenvalue weighted by atomic mass is 9.77. The number of nitrogens with zero attached hydrogens (tertiary/aromatic N) is 1. The maximum absolute atomic E-state index is 13.2. The van der Waals surface area contributed by atoms with Gasteiger partial charge in [-0.05, 0) is 36.6 Å². The number of fused-ring (bicyclic) bond motifs is 3. The Morgan fingerprint density at radius 2 is 1.97 bits per heavy atom. The number of ether oxygens (including phenoxy) is 2. The largest absolute Gasteiger partial charge is 0.493 e. The molecule has 2 aliphatic carbocycles. The predicted octanol–water partition coefficient (Wildman–Crippen LogP) is 0.991. The number of amides is 2. The van der Waals surface area contributed by atoms with E-state index in [-0.39, 0.29) is 37.6 Å². The molecule has 0 saturated heterocycles. The van der Waals surface area contributed by atoms with Gasteiger partial charge in [0.1, 0.15) is 12.2 Å². The molecule has 4 N–H and O–H groups in total. The minimum absolute atomic E-state index is 0.000888. The first-order valence-electron chi connectivity index (χ1n) is 12.0. The first-order chi connectivity index (χ1) is 16.4. The fourth-order valence-corrected chi connectivity index (χ4v) is 5.57. The number of rotatable bonds is 8. The molecule has 9 heteroatoms. The molecule has 2 amide bonds. The van der Waals surface area contributed by atoms with Crippen LogP contribution in [-0.2, 0) is 16.2 Å². The summed E-state index contributed by atoms with van der Waals surface area (Å²) >= 11 is 0. The minimum Gasteiger partial charge on any atom is -0.493 e. The van der Waals surface area contributed by atoms with E-state index >= 15 is 0 Å². The molecule has 0 spiro atoms. The van der Waals surface area contributed by atoms with E-state index in [9.17, 15) is 24.9 Å². The van der Waals surface area contributed by atoms with E-state index in [1.807, 2.05) is 0 Å². The molecule has 3 aliphatic rings. The molecule has 4 unspecified atom stereocenters. The number of hydrogen-bond donors (Lipinski definition) is 4. The van der Waals surface area contributed by atoms with Crippen LogP contribution >= 0.6 is 0 Å². The lowest BCUT2D eigenvalue weighted by Crippen LogP contribution is -2.58. The van der Waals surface area contributed by atoms with Crippen molar-refractivity contribution >= 4 is 11.8 Å². The molecular weight excluding hydrogens is 440 g/mol. The van der Waals surface area contributed by atoms with Crippen molar-refractivity contribution in [3.05, 3.63) is 34.9 Å². The summed E-state index contributed by atoms with van der Waals surface area (Å²) in [6.07, 6.45) is 3.87. The smallest absolute Gasteiger partial charge is 0.247 e. The number of nitrogens with one attached hydrogen (secondary N) is 1. The monoisotopic (exact) mass is 474 g/mol. The number of hydrogen-bond acceptors (Lipinski definition) is 7. The molecular formula is C25H34N2O7. The van der Waals surface area contributed by atoms with E-state index in [4.69, 9.17) is 9.47 Å². The molecule has 1 fully saturated rings. The van der Waals surface area contributed by atoms with Gasteiger partial charge >= 0.3 is 0 Å². The summed E-state index contributed by atoms with van der Waals surface area (Å²) in [6, 6.07) is 2.71. The normalized spacial score (nSPS) is 25.7.